The van der Waals surface area contributed by atoms with E-state index >= 15 is 0 Å². The van der Waals surface area contributed by atoms with Gasteiger partial charge in [-0.2, -0.15) is 0 Å². The number of aliphatic imine (C=N–C) groups is 1. The summed E-state index contributed by atoms with van der Waals surface area (Å²) in [5.41, 5.74) is 3.27. The first-order valence-corrected chi connectivity index (χ1v) is 8.27. The van der Waals surface area contributed by atoms with Crippen molar-refractivity contribution in [2.45, 2.75) is 13.8 Å². The van der Waals surface area contributed by atoms with Crippen LogP contribution in [0.15, 0.2) is 47.5 Å². The van der Waals surface area contributed by atoms with E-state index in [1.165, 1.54) is 0 Å². The molecule has 1 aliphatic rings. The number of Topliss-reactive ketones (excluding diaryl/α,β-unsaturated/α-hetero) is 1. The Hall–Kier alpha value is -3.02. The number of rotatable bonds is 5. The van der Waals surface area contributed by atoms with Crippen molar-refractivity contribution < 1.29 is 9.72 Å². The first-order valence-electron chi connectivity index (χ1n) is 8.27. The Labute approximate surface area is 146 Å². The van der Waals surface area contributed by atoms with Crippen LogP contribution in [0.2, 0.25) is 0 Å². The maximum atomic E-state index is 12.0. The van der Waals surface area contributed by atoms with E-state index in [1.807, 2.05) is 43.0 Å². The molecule has 1 heterocycles. The molecule has 0 saturated carbocycles. The number of nitrogens with zero attached hydrogens (tertiary/aromatic N) is 3. The number of hydrogen-bond donors (Lipinski definition) is 0. The summed E-state index contributed by atoms with van der Waals surface area (Å²) in [7, 11) is 0. The van der Waals surface area contributed by atoms with Crippen molar-refractivity contribution in [1.82, 2.24) is 0 Å². The molecule has 25 heavy (non-hydrogen) atoms. The summed E-state index contributed by atoms with van der Waals surface area (Å²) in [4.78, 5) is 29.6. The van der Waals surface area contributed by atoms with Crippen LogP contribution in [0.25, 0.3) is 0 Å². The van der Waals surface area contributed by atoms with Gasteiger partial charge in [-0.15, -0.1) is 0 Å². The molecule has 0 unspecified atom stereocenters. The normalized spacial score (nSPS) is 13.2. The molecule has 0 spiro atoms. The summed E-state index contributed by atoms with van der Waals surface area (Å²) in [6, 6.07) is 12.4. The van der Waals surface area contributed by atoms with Crippen LogP contribution in [-0.2, 0) is 0 Å². The molecule has 0 aliphatic carbocycles. The Morgan fingerprint density at radius 2 is 1.80 bits per heavy atom. The van der Waals surface area contributed by atoms with E-state index in [4.69, 9.17) is 0 Å². The lowest BCUT2D eigenvalue weighted by molar-refractivity contribution is -0.384. The molecule has 0 saturated heterocycles. The smallest absolute Gasteiger partial charge is 0.293 e. The van der Waals surface area contributed by atoms with E-state index in [0.717, 1.165) is 5.56 Å². The minimum Gasteiger partial charge on any atom is -0.367 e. The Bertz CT molecular complexity index is 870. The molecule has 0 bridgehead atoms. The lowest BCUT2D eigenvalue weighted by atomic mass is 9.92. The fraction of sp³-hybridized carbons (Fsp3) is 0.263. The molecule has 0 fully saturated rings. The highest BCUT2D eigenvalue weighted by Crippen LogP contribution is 2.31. The van der Waals surface area contributed by atoms with Crippen molar-refractivity contribution in [3.63, 3.8) is 0 Å². The number of nitro groups is 1. The van der Waals surface area contributed by atoms with E-state index < -0.39 is 0 Å². The van der Waals surface area contributed by atoms with Gasteiger partial charge < -0.3 is 4.90 Å². The average Bonchev–Trinajstić information content (AvgIpc) is 2.63. The highest BCUT2D eigenvalue weighted by Gasteiger charge is 2.24. The quantitative estimate of drug-likeness (QED) is 0.618. The summed E-state index contributed by atoms with van der Waals surface area (Å²) < 4.78 is 0. The average molecular weight is 337 g/mol. The van der Waals surface area contributed by atoms with Gasteiger partial charge in [-0.05, 0) is 19.9 Å². The van der Waals surface area contributed by atoms with Crippen LogP contribution in [0.3, 0.4) is 0 Å². The minimum atomic E-state index is -0.363. The van der Waals surface area contributed by atoms with Crippen molar-refractivity contribution in [3.8, 4) is 0 Å². The van der Waals surface area contributed by atoms with Crippen LogP contribution in [0, 0.1) is 10.1 Å². The summed E-state index contributed by atoms with van der Waals surface area (Å²) in [5.74, 6) is -0.0337. The molecular formula is C19H19N3O3. The van der Waals surface area contributed by atoms with Crippen LogP contribution in [-0.4, -0.2) is 36.1 Å². The Morgan fingerprint density at radius 1 is 1.12 bits per heavy atom. The van der Waals surface area contributed by atoms with Crippen molar-refractivity contribution >= 4 is 22.9 Å². The SMILES string of the molecule is CCN(CC)c1ccc(C2=NCC(=O)c3ccccc32)cc1[N+](=O)[O-]. The predicted molar refractivity (Wildman–Crippen MR) is 97.9 cm³/mol. The van der Waals surface area contributed by atoms with Crippen molar-refractivity contribution in [3.05, 3.63) is 69.3 Å². The van der Waals surface area contributed by atoms with Crippen LogP contribution >= 0.6 is 0 Å². The van der Waals surface area contributed by atoms with E-state index in [0.29, 0.717) is 35.6 Å². The largest absolute Gasteiger partial charge is 0.367 e. The first-order chi connectivity index (χ1) is 12.1. The molecule has 0 N–H and O–H groups in total. The van der Waals surface area contributed by atoms with E-state index in [1.54, 1.807) is 18.2 Å². The zero-order chi connectivity index (χ0) is 18.0. The van der Waals surface area contributed by atoms with Gasteiger partial charge in [0.15, 0.2) is 5.78 Å². The Balaban J connectivity index is 2.12. The highest BCUT2D eigenvalue weighted by molar-refractivity contribution is 6.22. The second kappa shape index (κ2) is 6.84. The number of carbonyl (C=O) groups is 1. The zero-order valence-electron chi connectivity index (χ0n) is 14.2. The number of benzene rings is 2. The predicted octanol–water partition coefficient (Wildman–Crippen LogP) is 3.47. The molecule has 6 heteroatoms. The molecule has 2 aromatic carbocycles. The van der Waals surface area contributed by atoms with E-state index in [2.05, 4.69) is 4.99 Å². The monoisotopic (exact) mass is 337 g/mol. The topological polar surface area (TPSA) is 75.8 Å². The molecular weight excluding hydrogens is 318 g/mol. The highest BCUT2D eigenvalue weighted by atomic mass is 16.6. The van der Waals surface area contributed by atoms with Crippen molar-refractivity contribution in [2.24, 2.45) is 4.99 Å². The van der Waals surface area contributed by atoms with Gasteiger partial charge in [0.05, 0.1) is 10.6 Å². The molecule has 6 nitrogen and oxygen atoms in total. The van der Waals surface area contributed by atoms with Crippen LogP contribution < -0.4 is 4.90 Å². The third-order valence-electron chi connectivity index (χ3n) is 4.41. The number of carbonyl (C=O) groups excluding carboxylic acids is 1. The summed E-state index contributed by atoms with van der Waals surface area (Å²) in [5, 5.41) is 11.6. The molecule has 0 aromatic heterocycles. The first kappa shape index (κ1) is 16.8. The third kappa shape index (κ3) is 3.03. The lowest BCUT2D eigenvalue weighted by Gasteiger charge is -2.22. The number of ketones is 1. The van der Waals surface area contributed by atoms with E-state index in [-0.39, 0.29) is 22.9 Å². The second-order valence-electron chi connectivity index (χ2n) is 5.77. The number of nitro benzene ring substituents is 1. The van der Waals surface area contributed by atoms with Gasteiger partial charge in [0.1, 0.15) is 12.2 Å². The number of fused-ring (bicyclic) bond motifs is 1. The Morgan fingerprint density at radius 3 is 2.44 bits per heavy atom. The van der Waals surface area contributed by atoms with Crippen molar-refractivity contribution in [2.75, 3.05) is 24.5 Å². The fourth-order valence-corrected chi connectivity index (χ4v) is 3.15. The third-order valence-corrected chi connectivity index (χ3v) is 4.41. The standard InChI is InChI=1S/C19H19N3O3/c1-3-21(4-2)16-10-9-13(11-17(16)22(24)25)19-15-8-6-5-7-14(15)18(23)12-20-19/h5-11H,3-4,12H2,1-2H3. The van der Waals surface area contributed by atoms with Gasteiger partial charge in [0.25, 0.3) is 5.69 Å². The second-order valence-corrected chi connectivity index (χ2v) is 5.77. The van der Waals surface area contributed by atoms with Crippen LogP contribution in [0.1, 0.15) is 35.3 Å². The molecule has 3 rings (SSSR count). The zero-order valence-corrected chi connectivity index (χ0v) is 14.2. The van der Waals surface area contributed by atoms with Crippen LogP contribution in [0.5, 0.6) is 0 Å². The lowest BCUT2D eigenvalue weighted by Crippen LogP contribution is -2.23. The molecule has 0 amide bonds. The molecule has 0 atom stereocenters. The maximum absolute atomic E-state index is 12.0. The number of hydrogen-bond acceptors (Lipinski definition) is 5. The maximum Gasteiger partial charge on any atom is 0.293 e. The molecule has 1 aliphatic heterocycles. The van der Waals surface area contributed by atoms with Gasteiger partial charge in [0.2, 0.25) is 0 Å². The van der Waals surface area contributed by atoms with Crippen molar-refractivity contribution in [1.29, 1.82) is 0 Å². The number of anilines is 1. The summed E-state index contributed by atoms with van der Waals surface area (Å²) in [6.07, 6.45) is 0. The molecule has 0 radical (unpaired) electrons. The fourth-order valence-electron chi connectivity index (χ4n) is 3.15. The minimum absolute atomic E-state index is 0.0337. The van der Waals surface area contributed by atoms with Crippen LogP contribution in [0.4, 0.5) is 11.4 Å². The van der Waals surface area contributed by atoms with E-state index in [9.17, 15) is 14.9 Å². The van der Waals surface area contributed by atoms with Gasteiger partial charge in [0, 0.05) is 35.8 Å². The van der Waals surface area contributed by atoms with Gasteiger partial charge in [-0.3, -0.25) is 19.9 Å². The summed E-state index contributed by atoms with van der Waals surface area (Å²) >= 11 is 0. The Kier molecular flexibility index (Phi) is 4.61. The summed E-state index contributed by atoms with van der Waals surface area (Å²) in [6.45, 7) is 5.38. The molecule has 128 valence electrons. The van der Waals surface area contributed by atoms with Gasteiger partial charge in [-0.1, -0.05) is 30.3 Å². The van der Waals surface area contributed by atoms with Gasteiger partial charge in [-0.25, -0.2) is 0 Å². The molecule has 2 aromatic rings. The van der Waals surface area contributed by atoms with Gasteiger partial charge >= 0.3 is 0 Å².